The second-order valence-corrected chi connectivity index (χ2v) is 4.72. The molecule has 1 aliphatic rings. The van der Waals surface area contributed by atoms with E-state index in [1.165, 1.54) is 12.0 Å². The van der Waals surface area contributed by atoms with Gasteiger partial charge in [-0.05, 0) is 30.7 Å². The maximum absolute atomic E-state index is 12.2. The molecule has 120 valence electrons. The van der Waals surface area contributed by atoms with Crippen molar-refractivity contribution in [2.24, 2.45) is 5.16 Å². The predicted octanol–water partition coefficient (Wildman–Crippen LogP) is 2.35. The zero-order chi connectivity index (χ0) is 16.7. The van der Waals surface area contributed by atoms with Gasteiger partial charge in [-0.1, -0.05) is 11.2 Å². The zero-order valence-corrected chi connectivity index (χ0v) is 13.0. The van der Waals surface area contributed by atoms with E-state index in [4.69, 9.17) is 14.7 Å². The Morgan fingerprint density at radius 1 is 1.26 bits per heavy atom. The summed E-state index contributed by atoms with van der Waals surface area (Å²) in [7, 11) is 2.94. The van der Waals surface area contributed by atoms with E-state index in [0.29, 0.717) is 30.0 Å². The summed E-state index contributed by atoms with van der Waals surface area (Å²) in [5, 5.41) is 12.7. The highest BCUT2D eigenvalue weighted by molar-refractivity contribution is 6.11. The van der Waals surface area contributed by atoms with Gasteiger partial charge in [-0.3, -0.25) is 0 Å². The molecular weight excluding hydrogens is 298 g/mol. The molecule has 0 aromatic heterocycles. The van der Waals surface area contributed by atoms with Gasteiger partial charge in [0.1, 0.15) is 24.7 Å². The number of nitriles is 1. The normalized spacial score (nSPS) is 14.6. The monoisotopic (exact) mass is 315 g/mol. The molecule has 7 nitrogen and oxygen atoms in total. The topological polar surface area (TPSA) is 84.2 Å². The zero-order valence-electron chi connectivity index (χ0n) is 13.0. The number of hydrogen-bond donors (Lipinski definition) is 0. The van der Waals surface area contributed by atoms with Gasteiger partial charge in [0.05, 0.1) is 13.7 Å². The van der Waals surface area contributed by atoms with E-state index in [-0.39, 0.29) is 12.3 Å². The van der Waals surface area contributed by atoms with Crippen LogP contribution in [0.15, 0.2) is 41.1 Å². The van der Waals surface area contributed by atoms with Crippen LogP contribution in [0, 0.1) is 11.3 Å². The van der Waals surface area contributed by atoms with E-state index in [2.05, 4.69) is 9.99 Å². The molecule has 0 bridgehead atoms. The Morgan fingerprint density at radius 2 is 1.96 bits per heavy atom. The number of oxime groups is 1. The van der Waals surface area contributed by atoms with Crippen molar-refractivity contribution in [3.05, 3.63) is 35.9 Å². The summed E-state index contributed by atoms with van der Waals surface area (Å²) in [5.74, 6) is 1.11. The molecule has 0 spiro atoms. The van der Waals surface area contributed by atoms with E-state index in [9.17, 15) is 4.79 Å². The lowest BCUT2D eigenvalue weighted by Crippen LogP contribution is -2.39. The molecule has 1 aliphatic heterocycles. The lowest BCUT2D eigenvalue weighted by atomic mass is 10.1. The SMILES string of the molecule is CON=C(C#N)C1=CCCN(C(=O)Oc2ccc(OC)cc2)C1. The summed E-state index contributed by atoms with van der Waals surface area (Å²) in [6.45, 7) is 0.773. The summed E-state index contributed by atoms with van der Waals surface area (Å²) in [5.41, 5.74) is 0.807. The molecule has 0 aliphatic carbocycles. The van der Waals surface area contributed by atoms with Crippen molar-refractivity contribution in [2.45, 2.75) is 6.42 Å². The van der Waals surface area contributed by atoms with Gasteiger partial charge in [0.25, 0.3) is 0 Å². The summed E-state index contributed by atoms with van der Waals surface area (Å²) in [4.78, 5) is 18.4. The van der Waals surface area contributed by atoms with Crippen LogP contribution in [-0.2, 0) is 4.84 Å². The van der Waals surface area contributed by atoms with Crippen LogP contribution >= 0.6 is 0 Å². The van der Waals surface area contributed by atoms with E-state index >= 15 is 0 Å². The standard InChI is InChI=1S/C16H17N3O4/c1-21-13-5-7-14(8-6-13)23-16(20)19-9-3-4-12(11-19)15(10-17)18-22-2/h4-8H,3,9,11H2,1-2H3. The number of carbonyl (C=O) groups excluding carboxylic acids is 1. The van der Waals surface area contributed by atoms with Crippen molar-refractivity contribution < 1.29 is 19.1 Å². The van der Waals surface area contributed by atoms with Crippen LogP contribution in [0.3, 0.4) is 0 Å². The number of carbonyl (C=O) groups is 1. The predicted molar refractivity (Wildman–Crippen MR) is 83.3 cm³/mol. The summed E-state index contributed by atoms with van der Waals surface area (Å²) in [6.07, 6.45) is 2.02. The van der Waals surface area contributed by atoms with Crippen molar-refractivity contribution in [3.8, 4) is 17.6 Å². The van der Waals surface area contributed by atoms with Gasteiger partial charge in [0, 0.05) is 12.1 Å². The minimum atomic E-state index is -0.476. The highest BCUT2D eigenvalue weighted by Gasteiger charge is 2.22. The third kappa shape index (κ3) is 4.23. The van der Waals surface area contributed by atoms with Gasteiger partial charge in [0.15, 0.2) is 5.71 Å². The Balaban J connectivity index is 2.01. The van der Waals surface area contributed by atoms with Crippen molar-refractivity contribution in [1.29, 1.82) is 5.26 Å². The average Bonchev–Trinajstić information content (AvgIpc) is 2.60. The molecule has 0 unspecified atom stereocenters. The van der Waals surface area contributed by atoms with Crippen LogP contribution in [0.1, 0.15) is 6.42 Å². The second-order valence-electron chi connectivity index (χ2n) is 4.72. The molecular formula is C16H17N3O4. The van der Waals surface area contributed by atoms with Crippen LogP contribution in [0.2, 0.25) is 0 Å². The molecule has 0 saturated heterocycles. The first-order valence-electron chi connectivity index (χ1n) is 6.99. The Hall–Kier alpha value is -3.01. The first-order valence-corrected chi connectivity index (χ1v) is 6.99. The number of amides is 1. The second kappa shape index (κ2) is 7.84. The van der Waals surface area contributed by atoms with Crippen LogP contribution in [0.4, 0.5) is 4.79 Å². The quantitative estimate of drug-likeness (QED) is 0.629. The van der Waals surface area contributed by atoms with Crippen molar-refractivity contribution in [1.82, 2.24) is 4.90 Å². The largest absolute Gasteiger partial charge is 0.497 e. The van der Waals surface area contributed by atoms with Gasteiger partial charge in [0.2, 0.25) is 0 Å². The van der Waals surface area contributed by atoms with Crippen molar-refractivity contribution >= 4 is 11.8 Å². The molecule has 0 saturated carbocycles. The summed E-state index contributed by atoms with van der Waals surface area (Å²) in [6, 6.07) is 8.70. The fourth-order valence-electron chi connectivity index (χ4n) is 2.12. The van der Waals surface area contributed by atoms with Crippen molar-refractivity contribution in [3.63, 3.8) is 0 Å². The number of nitrogens with zero attached hydrogens (tertiary/aromatic N) is 3. The van der Waals surface area contributed by atoms with E-state index in [0.717, 1.165) is 0 Å². The van der Waals surface area contributed by atoms with Gasteiger partial charge in [-0.25, -0.2) is 4.79 Å². The third-order valence-electron chi connectivity index (χ3n) is 3.27. The Morgan fingerprint density at radius 3 is 2.57 bits per heavy atom. The molecule has 1 amide bonds. The fourth-order valence-corrected chi connectivity index (χ4v) is 2.12. The first kappa shape index (κ1) is 16.4. The van der Waals surface area contributed by atoms with E-state index < -0.39 is 6.09 Å². The minimum Gasteiger partial charge on any atom is -0.497 e. The first-order chi connectivity index (χ1) is 11.2. The maximum atomic E-state index is 12.2. The molecule has 23 heavy (non-hydrogen) atoms. The molecule has 1 aromatic rings. The number of rotatable bonds is 4. The number of benzene rings is 1. The molecule has 1 heterocycles. The molecule has 0 radical (unpaired) electrons. The highest BCUT2D eigenvalue weighted by atomic mass is 16.6. The van der Waals surface area contributed by atoms with E-state index in [1.807, 2.05) is 12.1 Å². The Bertz CT molecular complexity index is 659. The molecule has 2 rings (SSSR count). The van der Waals surface area contributed by atoms with Crippen LogP contribution in [0.25, 0.3) is 0 Å². The number of hydrogen-bond acceptors (Lipinski definition) is 6. The number of methoxy groups -OCH3 is 1. The average molecular weight is 315 g/mol. The van der Waals surface area contributed by atoms with Crippen LogP contribution in [0.5, 0.6) is 11.5 Å². The fraction of sp³-hybridized carbons (Fsp3) is 0.312. The third-order valence-corrected chi connectivity index (χ3v) is 3.27. The summed E-state index contributed by atoms with van der Waals surface area (Å²) < 4.78 is 10.4. The van der Waals surface area contributed by atoms with Gasteiger partial charge >= 0.3 is 6.09 Å². The van der Waals surface area contributed by atoms with Crippen LogP contribution in [-0.4, -0.2) is 44.0 Å². The lowest BCUT2D eigenvalue weighted by Gasteiger charge is -2.25. The molecule has 7 heteroatoms. The molecule has 1 aromatic carbocycles. The Labute approximate surface area is 134 Å². The van der Waals surface area contributed by atoms with Gasteiger partial charge < -0.3 is 19.2 Å². The van der Waals surface area contributed by atoms with Crippen molar-refractivity contribution in [2.75, 3.05) is 27.3 Å². The molecule has 0 fully saturated rings. The van der Waals surface area contributed by atoms with Gasteiger partial charge in [-0.15, -0.1) is 0 Å². The lowest BCUT2D eigenvalue weighted by molar-refractivity contribution is 0.155. The smallest absolute Gasteiger partial charge is 0.415 e. The summed E-state index contributed by atoms with van der Waals surface area (Å²) >= 11 is 0. The van der Waals surface area contributed by atoms with Gasteiger partial charge in [-0.2, -0.15) is 5.26 Å². The maximum Gasteiger partial charge on any atom is 0.415 e. The highest BCUT2D eigenvalue weighted by Crippen LogP contribution is 2.19. The minimum absolute atomic E-state index is 0.162. The number of ether oxygens (including phenoxy) is 2. The Kier molecular flexibility index (Phi) is 5.58. The molecule has 0 atom stereocenters. The molecule has 0 N–H and O–H groups in total. The van der Waals surface area contributed by atoms with Crippen LogP contribution < -0.4 is 9.47 Å². The van der Waals surface area contributed by atoms with E-state index in [1.54, 1.807) is 31.4 Å².